The fraction of sp³-hybridized carbons (Fsp3) is 0.353. The van der Waals surface area contributed by atoms with Crippen molar-refractivity contribution in [2.75, 3.05) is 11.9 Å². The molecule has 2 amide bonds. The number of nitrogens with two attached hydrogens (primary N) is 1. The molecule has 2 heterocycles. The monoisotopic (exact) mass is 345 g/mol. The van der Waals surface area contributed by atoms with Gasteiger partial charge in [0, 0.05) is 5.69 Å². The summed E-state index contributed by atoms with van der Waals surface area (Å²) in [5.41, 5.74) is 6.99. The Hall–Kier alpha value is -2.87. The van der Waals surface area contributed by atoms with Crippen LogP contribution in [0.1, 0.15) is 18.9 Å². The van der Waals surface area contributed by atoms with Crippen LogP contribution in [-0.4, -0.2) is 51.6 Å². The van der Waals surface area contributed by atoms with E-state index in [9.17, 15) is 24.6 Å². The first kappa shape index (κ1) is 17.0. The van der Waals surface area contributed by atoms with E-state index in [0.29, 0.717) is 23.2 Å². The summed E-state index contributed by atoms with van der Waals surface area (Å²) in [5, 5.41) is 22.1. The molecule has 0 spiro atoms. The van der Waals surface area contributed by atoms with Gasteiger partial charge in [-0.05, 0) is 36.6 Å². The topological polar surface area (TPSA) is 133 Å². The Morgan fingerprint density at radius 2 is 2.00 bits per heavy atom. The first-order chi connectivity index (χ1) is 11.8. The van der Waals surface area contributed by atoms with Crippen LogP contribution in [-0.2, 0) is 14.4 Å². The van der Waals surface area contributed by atoms with Crippen LogP contribution in [0.5, 0.6) is 0 Å². The molecule has 0 bridgehead atoms. The third-order valence-electron chi connectivity index (χ3n) is 4.63. The highest BCUT2D eigenvalue weighted by atomic mass is 16.4. The van der Waals surface area contributed by atoms with Gasteiger partial charge in [-0.1, -0.05) is 12.1 Å². The predicted octanol–water partition coefficient (Wildman–Crippen LogP) is -0.00900. The first-order valence-corrected chi connectivity index (χ1v) is 7.91. The van der Waals surface area contributed by atoms with Crippen LogP contribution < -0.4 is 11.1 Å². The number of hydrogen-bond acceptors (Lipinski definition) is 5. The summed E-state index contributed by atoms with van der Waals surface area (Å²) in [6.07, 6.45) is -0.430. The minimum atomic E-state index is -1.16. The number of carbonyl (C=O) groups excluding carboxylic acids is 2. The summed E-state index contributed by atoms with van der Waals surface area (Å²) >= 11 is 0. The maximum absolute atomic E-state index is 12.2. The van der Waals surface area contributed by atoms with E-state index >= 15 is 0 Å². The van der Waals surface area contributed by atoms with E-state index in [-0.39, 0.29) is 24.2 Å². The molecule has 1 fully saturated rings. The fourth-order valence-electron chi connectivity index (χ4n) is 3.51. The standard InChI is InChI=1S/C17H19N3O5/c1-8(21)14-12-6-11(15(17(24)25)20(12)16(14)23)9-2-4-10(5-3-9)19-7-13(18)22/h2-5,8,12,14,19,21H,6-7H2,1H3,(H2,18,22)(H,24,25)/t8-,12-,14-/m1/s1. The second-order valence-electron chi connectivity index (χ2n) is 6.28. The average Bonchev–Trinajstić information content (AvgIpc) is 2.88. The molecule has 2 aliphatic heterocycles. The molecule has 1 saturated heterocycles. The van der Waals surface area contributed by atoms with Gasteiger partial charge in [-0.25, -0.2) is 4.79 Å². The van der Waals surface area contributed by atoms with Gasteiger partial charge in [0.2, 0.25) is 11.8 Å². The minimum Gasteiger partial charge on any atom is -0.477 e. The van der Waals surface area contributed by atoms with E-state index in [1.54, 1.807) is 24.3 Å². The minimum absolute atomic E-state index is 0.00282. The summed E-state index contributed by atoms with van der Waals surface area (Å²) < 4.78 is 0. The van der Waals surface area contributed by atoms with E-state index in [4.69, 9.17) is 5.73 Å². The van der Waals surface area contributed by atoms with E-state index in [1.807, 2.05) is 0 Å². The van der Waals surface area contributed by atoms with Crippen LogP contribution in [0, 0.1) is 5.92 Å². The number of primary amides is 1. The van der Waals surface area contributed by atoms with E-state index < -0.39 is 23.9 Å². The van der Waals surface area contributed by atoms with Gasteiger partial charge in [-0.15, -0.1) is 0 Å². The maximum atomic E-state index is 12.2. The number of nitrogens with one attached hydrogen (secondary N) is 1. The van der Waals surface area contributed by atoms with Gasteiger partial charge in [0.15, 0.2) is 0 Å². The van der Waals surface area contributed by atoms with Crippen LogP contribution in [0.25, 0.3) is 5.57 Å². The smallest absolute Gasteiger partial charge is 0.352 e. The van der Waals surface area contributed by atoms with Crippen molar-refractivity contribution in [3.8, 4) is 0 Å². The molecule has 0 unspecified atom stereocenters. The Morgan fingerprint density at radius 3 is 2.52 bits per heavy atom. The number of anilines is 1. The second-order valence-corrected chi connectivity index (χ2v) is 6.28. The van der Waals surface area contributed by atoms with Gasteiger partial charge in [-0.2, -0.15) is 0 Å². The van der Waals surface area contributed by atoms with E-state index in [1.165, 1.54) is 11.8 Å². The lowest BCUT2D eigenvalue weighted by molar-refractivity contribution is -0.161. The molecule has 132 valence electrons. The van der Waals surface area contributed by atoms with Crippen molar-refractivity contribution in [3.63, 3.8) is 0 Å². The van der Waals surface area contributed by atoms with Gasteiger partial charge < -0.3 is 26.2 Å². The maximum Gasteiger partial charge on any atom is 0.352 e. The van der Waals surface area contributed by atoms with Crippen LogP contribution in [0.3, 0.4) is 0 Å². The highest BCUT2D eigenvalue weighted by Crippen LogP contribution is 2.46. The highest BCUT2D eigenvalue weighted by Gasteiger charge is 2.56. The Labute approximate surface area is 143 Å². The van der Waals surface area contributed by atoms with Gasteiger partial charge >= 0.3 is 5.97 Å². The van der Waals surface area contributed by atoms with Gasteiger partial charge in [0.1, 0.15) is 5.70 Å². The normalized spacial score (nSPS) is 23.1. The zero-order valence-electron chi connectivity index (χ0n) is 13.6. The lowest BCUT2D eigenvalue weighted by Gasteiger charge is -2.44. The molecule has 25 heavy (non-hydrogen) atoms. The molecule has 0 aromatic heterocycles. The van der Waals surface area contributed by atoms with Crippen molar-refractivity contribution < 1.29 is 24.6 Å². The molecule has 0 aliphatic carbocycles. The molecule has 3 rings (SSSR count). The Bertz CT molecular complexity index is 769. The second kappa shape index (κ2) is 6.21. The van der Waals surface area contributed by atoms with E-state index in [2.05, 4.69) is 5.32 Å². The Balaban J connectivity index is 1.87. The van der Waals surface area contributed by atoms with Crippen LogP contribution in [0.2, 0.25) is 0 Å². The fourth-order valence-corrected chi connectivity index (χ4v) is 3.51. The number of aliphatic carboxylic acids is 1. The number of rotatable bonds is 6. The predicted molar refractivity (Wildman–Crippen MR) is 89.1 cm³/mol. The molecular weight excluding hydrogens is 326 g/mol. The van der Waals surface area contributed by atoms with Crippen molar-refractivity contribution in [2.24, 2.45) is 11.7 Å². The van der Waals surface area contributed by atoms with E-state index in [0.717, 1.165) is 0 Å². The number of amides is 2. The van der Waals surface area contributed by atoms with Crippen molar-refractivity contribution in [3.05, 3.63) is 35.5 Å². The third-order valence-corrected chi connectivity index (χ3v) is 4.63. The Kier molecular flexibility index (Phi) is 4.22. The molecule has 8 heteroatoms. The zero-order valence-corrected chi connectivity index (χ0v) is 13.6. The van der Waals surface area contributed by atoms with Crippen molar-refractivity contribution >= 4 is 29.0 Å². The summed E-state index contributed by atoms with van der Waals surface area (Å²) in [7, 11) is 0. The number of carboxylic acids is 1. The number of benzene rings is 1. The lowest BCUT2D eigenvalue weighted by Crippen LogP contribution is -2.61. The molecule has 2 aliphatic rings. The van der Waals surface area contributed by atoms with Crippen molar-refractivity contribution in [2.45, 2.75) is 25.5 Å². The molecule has 3 atom stereocenters. The summed E-state index contributed by atoms with van der Waals surface area (Å²) in [6.45, 7) is 1.54. The molecule has 5 N–H and O–H groups in total. The molecule has 1 aromatic rings. The number of hydrogen-bond donors (Lipinski definition) is 4. The first-order valence-electron chi connectivity index (χ1n) is 7.91. The summed E-state index contributed by atoms with van der Waals surface area (Å²) in [6, 6.07) is 6.58. The quantitative estimate of drug-likeness (QED) is 0.536. The SMILES string of the molecule is C[C@@H](O)[C@H]1C(=O)N2C(C(=O)O)=C(c3ccc(NCC(N)=O)cc3)C[C@H]12. The molecular formula is C17H19N3O5. The average molecular weight is 345 g/mol. The van der Waals surface area contributed by atoms with Crippen LogP contribution >= 0.6 is 0 Å². The zero-order chi connectivity index (χ0) is 18.3. The molecule has 8 nitrogen and oxygen atoms in total. The summed E-state index contributed by atoms with van der Waals surface area (Å²) in [4.78, 5) is 35.9. The molecule has 0 radical (unpaired) electrons. The highest BCUT2D eigenvalue weighted by molar-refractivity contribution is 6.06. The third kappa shape index (κ3) is 2.85. The largest absolute Gasteiger partial charge is 0.477 e. The van der Waals surface area contributed by atoms with Crippen LogP contribution in [0.4, 0.5) is 5.69 Å². The number of aliphatic hydroxyl groups is 1. The number of carboxylic acid groups (broad SMARTS) is 1. The number of carbonyl (C=O) groups is 3. The van der Waals surface area contributed by atoms with Gasteiger partial charge in [-0.3, -0.25) is 9.59 Å². The number of nitrogens with zero attached hydrogens (tertiary/aromatic N) is 1. The number of β-lactam (4-membered cyclic amide) rings is 1. The lowest BCUT2D eigenvalue weighted by atomic mass is 9.82. The molecule has 1 aromatic carbocycles. The van der Waals surface area contributed by atoms with Gasteiger partial charge in [0.05, 0.1) is 24.6 Å². The van der Waals surface area contributed by atoms with Crippen LogP contribution in [0.15, 0.2) is 30.0 Å². The van der Waals surface area contributed by atoms with Crippen molar-refractivity contribution in [1.82, 2.24) is 4.90 Å². The van der Waals surface area contributed by atoms with Crippen molar-refractivity contribution in [1.29, 1.82) is 0 Å². The molecule has 0 saturated carbocycles. The number of fused-ring (bicyclic) bond motifs is 1. The van der Waals surface area contributed by atoms with Gasteiger partial charge in [0.25, 0.3) is 0 Å². The Morgan fingerprint density at radius 1 is 1.36 bits per heavy atom. The summed E-state index contributed by atoms with van der Waals surface area (Å²) in [5.74, 6) is -2.57. The number of aliphatic hydroxyl groups excluding tert-OH is 1.